The fourth-order valence-corrected chi connectivity index (χ4v) is 8.20. The molecule has 6 aliphatic rings. The normalized spacial score (nSPS) is 43.5. The summed E-state index contributed by atoms with van der Waals surface area (Å²) in [5, 5.41) is 21.6. The van der Waals surface area contributed by atoms with Crippen molar-refractivity contribution in [1.82, 2.24) is 9.80 Å². The molecule has 8 heteroatoms. The largest absolute Gasteiger partial charge is 0.465 e. The average molecular weight is 434 g/mol. The summed E-state index contributed by atoms with van der Waals surface area (Å²) in [5.74, 6) is 0.126. The molecule has 5 saturated carbocycles. The second-order valence-corrected chi connectivity index (χ2v) is 12.2. The van der Waals surface area contributed by atoms with Crippen LogP contribution >= 0.6 is 0 Å². The van der Waals surface area contributed by atoms with E-state index in [1.165, 1.54) is 4.90 Å². The van der Waals surface area contributed by atoms with Gasteiger partial charge in [0.25, 0.3) is 0 Å². The molecule has 6 fully saturated rings. The van der Waals surface area contributed by atoms with E-state index in [1.54, 1.807) is 4.90 Å². The lowest BCUT2D eigenvalue weighted by atomic mass is 9.45. The number of carbonyl (C=O) groups is 3. The topological polar surface area (TPSA) is 124 Å². The molecule has 4 N–H and O–H groups in total. The average Bonchev–Trinajstić information content (AvgIpc) is 3.25. The molecule has 8 nitrogen and oxygen atoms in total. The summed E-state index contributed by atoms with van der Waals surface area (Å²) in [6.07, 6.45) is 4.79. The van der Waals surface area contributed by atoms with Crippen molar-refractivity contribution in [3.8, 4) is 0 Å². The predicted molar refractivity (Wildman–Crippen MR) is 112 cm³/mol. The van der Waals surface area contributed by atoms with E-state index in [9.17, 15) is 24.6 Å². The van der Waals surface area contributed by atoms with Crippen LogP contribution in [0.5, 0.6) is 0 Å². The third kappa shape index (κ3) is 3.16. The summed E-state index contributed by atoms with van der Waals surface area (Å²) in [6, 6.07) is -1.59. The molecule has 1 aliphatic heterocycles. The minimum atomic E-state index is -1.13. The van der Waals surface area contributed by atoms with Crippen LogP contribution in [-0.4, -0.2) is 67.2 Å². The summed E-state index contributed by atoms with van der Waals surface area (Å²) in [5.41, 5.74) is 3.43. The number of amides is 3. The molecule has 6 rings (SSSR count). The standard InChI is InChI=1S/C23H35N3O5/c1-21(2,3)26(20(29)30)17(19(28)25-15-5-14(15)6-16(25)18(24)27)22-7-12-4-13(8-22)10-23(31,9-12)11-22/h12-17,31H,4-11H2,1-3H3,(H2,24,27)(H,29,30)/t12?,13?,14-,15-,16-,17?,22?,23?/m0/s1. The molecule has 1 saturated heterocycles. The zero-order valence-corrected chi connectivity index (χ0v) is 18.7. The van der Waals surface area contributed by atoms with Crippen LogP contribution in [0.1, 0.15) is 72.1 Å². The maximum Gasteiger partial charge on any atom is 0.408 e. The molecule has 0 aromatic carbocycles. The summed E-state index contributed by atoms with van der Waals surface area (Å²) in [4.78, 5) is 41.9. The molecule has 0 radical (unpaired) electrons. The maximum absolute atomic E-state index is 14.2. The first-order chi connectivity index (χ1) is 14.3. The van der Waals surface area contributed by atoms with Gasteiger partial charge in [-0.1, -0.05) is 0 Å². The van der Waals surface area contributed by atoms with Crippen molar-refractivity contribution in [2.45, 2.75) is 101 Å². The van der Waals surface area contributed by atoms with E-state index in [1.807, 2.05) is 20.8 Å². The highest BCUT2D eigenvalue weighted by Gasteiger charge is 2.66. The zero-order valence-electron chi connectivity index (χ0n) is 18.7. The Hall–Kier alpha value is -1.83. The van der Waals surface area contributed by atoms with Crippen molar-refractivity contribution < 1.29 is 24.6 Å². The van der Waals surface area contributed by atoms with Crippen molar-refractivity contribution in [3.05, 3.63) is 0 Å². The molecule has 0 aromatic rings. The van der Waals surface area contributed by atoms with Gasteiger partial charge in [-0.05, 0) is 89.9 Å². The van der Waals surface area contributed by atoms with Crippen LogP contribution in [0, 0.1) is 23.2 Å². The Morgan fingerprint density at radius 3 is 2.16 bits per heavy atom. The molecule has 5 aliphatic carbocycles. The van der Waals surface area contributed by atoms with Gasteiger partial charge in [-0.2, -0.15) is 0 Å². The SMILES string of the molecule is CC(C)(C)N(C(=O)O)C(C(=O)N1[C@H](C(N)=O)C[C@@H]2C[C@@H]21)C12CC3CC(CC(O)(C3)C1)C2. The molecule has 1 heterocycles. The van der Waals surface area contributed by atoms with E-state index < -0.39 is 40.6 Å². The molecule has 0 spiro atoms. The van der Waals surface area contributed by atoms with Gasteiger partial charge < -0.3 is 20.8 Å². The second-order valence-electron chi connectivity index (χ2n) is 12.2. The second kappa shape index (κ2) is 6.36. The summed E-state index contributed by atoms with van der Waals surface area (Å²) < 4.78 is 0. The third-order valence-corrected chi connectivity index (χ3v) is 8.76. The van der Waals surface area contributed by atoms with Gasteiger partial charge in [0.15, 0.2) is 0 Å². The Morgan fingerprint density at radius 2 is 1.68 bits per heavy atom. The van der Waals surface area contributed by atoms with Gasteiger partial charge in [-0.15, -0.1) is 0 Å². The van der Waals surface area contributed by atoms with E-state index in [2.05, 4.69) is 0 Å². The Labute approximate surface area is 183 Å². The van der Waals surface area contributed by atoms with Gasteiger partial charge in [0.2, 0.25) is 11.8 Å². The van der Waals surface area contributed by atoms with Crippen LogP contribution in [-0.2, 0) is 9.59 Å². The quantitative estimate of drug-likeness (QED) is 0.625. The van der Waals surface area contributed by atoms with Crippen molar-refractivity contribution in [1.29, 1.82) is 0 Å². The fraction of sp³-hybridized carbons (Fsp3) is 0.870. The molecular formula is C23H35N3O5. The highest BCUT2D eigenvalue weighted by Crippen LogP contribution is 2.64. The number of primary amides is 1. The predicted octanol–water partition coefficient (Wildman–Crippen LogP) is 1.94. The van der Waals surface area contributed by atoms with Crippen molar-refractivity contribution in [3.63, 3.8) is 0 Å². The third-order valence-electron chi connectivity index (χ3n) is 8.76. The number of carbonyl (C=O) groups excluding carboxylic acids is 2. The van der Waals surface area contributed by atoms with Gasteiger partial charge in [0.1, 0.15) is 12.1 Å². The minimum absolute atomic E-state index is 0.0138. The molecular weight excluding hydrogens is 398 g/mol. The van der Waals surface area contributed by atoms with Crippen LogP contribution in [0.15, 0.2) is 0 Å². The number of piperidine rings is 1. The monoisotopic (exact) mass is 433 g/mol. The Bertz CT molecular complexity index is 822. The lowest BCUT2D eigenvalue weighted by Gasteiger charge is -2.64. The summed E-state index contributed by atoms with van der Waals surface area (Å²) in [6.45, 7) is 5.43. The Kier molecular flexibility index (Phi) is 4.32. The molecule has 4 bridgehead atoms. The van der Waals surface area contributed by atoms with Crippen LogP contribution in [0.25, 0.3) is 0 Å². The summed E-state index contributed by atoms with van der Waals surface area (Å²) >= 11 is 0. The van der Waals surface area contributed by atoms with Gasteiger partial charge >= 0.3 is 6.09 Å². The number of aliphatic hydroxyl groups is 1. The van der Waals surface area contributed by atoms with E-state index in [4.69, 9.17) is 5.73 Å². The lowest BCUT2D eigenvalue weighted by Crippen LogP contribution is -2.70. The molecule has 31 heavy (non-hydrogen) atoms. The number of rotatable bonds is 4. The number of carboxylic acid groups (broad SMARTS) is 1. The van der Waals surface area contributed by atoms with Crippen molar-refractivity contribution in [2.24, 2.45) is 28.9 Å². The first kappa shape index (κ1) is 21.0. The van der Waals surface area contributed by atoms with Crippen molar-refractivity contribution in [2.75, 3.05) is 0 Å². The van der Waals surface area contributed by atoms with E-state index in [0.717, 1.165) is 38.5 Å². The van der Waals surface area contributed by atoms with Gasteiger partial charge in [0.05, 0.1) is 5.60 Å². The van der Waals surface area contributed by atoms with Crippen molar-refractivity contribution >= 4 is 17.9 Å². The van der Waals surface area contributed by atoms with Crippen LogP contribution in [0.3, 0.4) is 0 Å². The Balaban J connectivity index is 1.60. The van der Waals surface area contributed by atoms with E-state index in [0.29, 0.717) is 24.7 Å². The van der Waals surface area contributed by atoms with Gasteiger partial charge in [-0.3, -0.25) is 14.5 Å². The molecule has 0 aromatic heterocycles. The number of fused-ring (bicyclic) bond motifs is 1. The molecule has 3 amide bonds. The highest BCUT2D eigenvalue weighted by atomic mass is 16.4. The van der Waals surface area contributed by atoms with Gasteiger partial charge in [0, 0.05) is 17.0 Å². The summed E-state index contributed by atoms with van der Waals surface area (Å²) in [7, 11) is 0. The number of likely N-dealkylation sites (tertiary alicyclic amines) is 1. The number of hydrogen-bond acceptors (Lipinski definition) is 4. The Morgan fingerprint density at radius 1 is 1.06 bits per heavy atom. The first-order valence-electron chi connectivity index (χ1n) is 11.7. The smallest absolute Gasteiger partial charge is 0.408 e. The highest BCUT2D eigenvalue weighted by molar-refractivity contribution is 5.93. The molecule has 172 valence electrons. The van der Waals surface area contributed by atoms with Crippen LogP contribution in [0.2, 0.25) is 0 Å². The zero-order chi connectivity index (χ0) is 22.5. The first-order valence-corrected chi connectivity index (χ1v) is 11.7. The number of hydrogen-bond donors (Lipinski definition) is 3. The van der Waals surface area contributed by atoms with Gasteiger partial charge in [-0.25, -0.2) is 4.79 Å². The number of nitrogens with two attached hydrogens (primary N) is 1. The minimum Gasteiger partial charge on any atom is -0.465 e. The van der Waals surface area contributed by atoms with Crippen LogP contribution in [0.4, 0.5) is 4.79 Å². The number of nitrogens with zero attached hydrogens (tertiary/aromatic N) is 2. The van der Waals surface area contributed by atoms with E-state index in [-0.39, 0.29) is 17.9 Å². The maximum atomic E-state index is 14.2. The molecule has 3 unspecified atom stereocenters. The molecule has 6 atom stereocenters. The fourth-order valence-electron chi connectivity index (χ4n) is 8.20. The van der Waals surface area contributed by atoms with Crippen LogP contribution < -0.4 is 5.73 Å². The lowest BCUT2D eigenvalue weighted by molar-refractivity contribution is -0.195. The van der Waals surface area contributed by atoms with E-state index >= 15 is 0 Å².